The van der Waals surface area contributed by atoms with Gasteiger partial charge in [-0.15, -0.1) is 5.10 Å². The zero-order valence-corrected chi connectivity index (χ0v) is 18.1. The molecule has 7 nitrogen and oxygen atoms in total. The summed E-state index contributed by atoms with van der Waals surface area (Å²) >= 11 is 0. The Morgan fingerprint density at radius 1 is 1.06 bits per heavy atom. The van der Waals surface area contributed by atoms with Crippen molar-refractivity contribution in [1.29, 1.82) is 0 Å². The van der Waals surface area contributed by atoms with E-state index in [0.29, 0.717) is 29.8 Å². The molecule has 1 atom stereocenters. The Bertz CT molecular complexity index is 1340. The number of ether oxygens (including phenoxy) is 1. The van der Waals surface area contributed by atoms with E-state index >= 15 is 0 Å². The van der Waals surface area contributed by atoms with E-state index in [1.54, 1.807) is 12.4 Å². The van der Waals surface area contributed by atoms with Gasteiger partial charge in [-0.25, -0.2) is 4.98 Å². The number of hydrogen-bond donors (Lipinski definition) is 1. The number of alkyl halides is 3. The summed E-state index contributed by atoms with van der Waals surface area (Å²) in [7, 11) is 0. The lowest BCUT2D eigenvalue weighted by Gasteiger charge is -2.26. The van der Waals surface area contributed by atoms with E-state index in [9.17, 15) is 13.2 Å². The van der Waals surface area contributed by atoms with Crippen LogP contribution in [-0.4, -0.2) is 36.6 Å². The van der Waals surface area contributed by atoms with Crippen molar-refractivity contribution >= 4 is 0 Å². The maximum Gasteiger partial charge on any atom is 0.435 e. The topological polar surface area (TPSA) is 81.5 Å². The number of hydrogen-bond acceptors (Lipinski definition) is 5. The minimum Gasteiger partial charge on any atom is -0.493 e. The Labute approximate surface area is 193 Å². The Hall–Kier alpha value is -3.69. The van der Waals surface area contributed by atoms with Gasteiger partial charge in [0.2, 0.25) is 0 Å². The Morgan fingerprint density at radius 2 is 1.94 bits per heavy atom. The Balaban J connectivity index is 1.24. The summed E-state index contributed by atoms with van der Waals surface area (Å²) in [4.78, 5) is 8.75. The third kappa shape index (κ3) is 3.93. The van der Waals surface area contributed by atoms with Crippen molar-refractivity contribution < 1.29 is 17.9 Å². The van der Waals surface area contributed by atoms with E-state index in [0.717, 1.165) is 18.7 Å². The van der Waals surface area contributed by atoms with Crippen LogP contribution >= 0.6 is 0 Å². The van der Waals surface area contributed by atoms with E-state index in [2.05, 4.69) is 38.5 Å². The van der Waals surface area contributed by atoms with Crippen LogP contribution in [0.5, 0.6) is 5.75 Å². The van der Waals surface area contributed by atoms with Gasteiger partial charge in [-0.2, -0.15) is 13.2 Å². The van der Waals surface area contributed by atoms with Gasteiger partial charge in [0.05, 0.1) is 18.6 Å². The average Bonchev–Trinajstić information content (AvgIpc) is 3.36. The third-order valence-electron chi connectivity index (χ3n) is 6.44. The smallest absolute Gasteiger partial charge is 0.435 e. The van der Waals surface area contributed by atoms with Crippen LogP contribution in [0.1, 0.15) is 47.9 Å². The molecule has 34 heavy (non-hydrogen) atoms. The van der Waals surface area contributed by atoms with Crippen molar-refractivity contribution in [1.82, 2.24) is 29.9 Å². The number of benzene rings is 1. The first-order valence-electron chi connectivity index (χ1n) is 11.2. The molecule has 1 aromatic carbocycles. The summed E-state index contributed by atoms with van der Waals surface area (Å²) in [5.74, 6) is 1.95. The fourth-order valence-corrected chi connectivity index (χ4v) is 4.53. The van der Waals surface area contributed by atoms with Crippen molar-refractivity contribution in [2.24, 2.45) is 0 Å². The minimum absolute atomic E-state index is 0.264. The molecule has 0 bridgehead atoms. The van der Waals surface area contributed by atoms with Crippen LogP contribution in [0.15, 0.2) is 49.1 Å². The lowest BCUT2D eigenvalue weighted by atomic mass is 9.91. The van der Waals surface area contributed by atoms with Crippen LogP contribution in [0.25, 0.3) is 22.6 Å². The maximum absolute atomic E-state index is 13.2. The number of nitrogens with zero attached hydrogens (tertiary/aromatic N) is 5. The molecule has 6 rings (SSSR count). The molecule has 0 unspecified atom stereocenters. The molecule has 4 aromatic rings. The van der Waals surface area contributed by atoms with Gasteiger partial charge >= 0.3 is 6.18 Å². The van der Waals surface area contributed by atoms with Gasteiger partial charge in [0.25, 0.3) is 0 Å². The van der Waals surface area contributed by atoms with Crippen molar-refractivity contribution in [2.75, 3.05) is 6.61 Å². The SMILES string of the molecule is FC(F)(F)c1[nH]nnc1-c1ccnc(-c2cn(C[C@H]3CCOc4cc(C5CC5)ccc43)cn2)c1. The van der Waals surface area contributed by atoms with Gasteiger partial charge < -0.3 is 9.30 Å². The number of pyridine rings is 1. The van der Waals surface area contributed by atoms with Crippen LogP contribution in [0.4, 0.5) is 13.2 Å². The molecule has 0 radical (unpaired) electrons. The Morgan fingerprint density at radius 3 is 2.76 bits per heavy atom. The number of aromatic nitrogens is 6. The molecule has 0 spiro atoms. The van der Waals surface area contributed by atoms with Gasteiger partial charge in [0.15, 0.2) is 5.69 Å². The number of imidazole rings is 1. The van der Waals surface area contributed by atoms with E-state index in [4.69, 9.17) is 4.74 Å². The van der Waals surface area contributed by atoms with Crippen LogP contribution in [0.3, 0.4) is 0 Å². The van der Waals surface area contributed by atoms with Gasteiger partial charge in [0.1, 0.15) is 17.1 Å². The van der Waals surface area contributed by atoms with E-state index in [1.807, 2.05) is 15.9 Å². The maximum atomic E-state index is 13.2. The van der Waals surface area contributed by atoms with Gasteiger partial charge in [-0.05, 0) is 54.5 Å². The molecular weight excluding hydrogens is 445 g/mol. The highest BCUT2D eigenvalue weighted by Gasteiger charge is 2.37. The molecule has 0 amide bonds. The fourth-order valence-electron chi connectivity index (χ4n) is 4.53. The molecule has 1 saturated carbocycles. The fraction of sp³-hybridized carbons (Fsp3) is 0.333. The van der Waals surface area contributed by atoms with Crippen molar-refractivity contribution in [3.05, 3.63) is 65.9 Å². The normalized spacial score (nSPS) is 17.9. The zero-order chi connectivity index (χ0) is 23.3. The standard InChI is InChI=1S/C24H21F3N6O/c25-24(26,27)23-22(30-32-31-23)16-5-7-28-19(9-16)20-12-33(13-29-20)11-17-6-8-34-21-10-15(14-1-2-14)3-4-18(17)21/h3-5,7,9-10,12-14,17H,1-2,6,8,11H2,(H,30,31,32)/t17-/m1/s1. The second kappa shape index (κ2) is 7.96. The first-order valence-corrected chi connectivity index (χ1v) is 11.2. The summed E-state index contributed by atoms with van der Waals surface area (Å²) < 4.78 is 47.6. The quantitative estimate of drug-likeness (QED) is 0.438. The predicted octanol–water partition coefficient (Wildman–Crippen LogP) is 5.19. The molecule has 174 valence electrons. The minimum atomic E-state index is -4.58. The highest BCUT2D eigenvalue weighted by atomic mass is 19.4. The van der Waals surface area contributed by atoms with Gasteiger partial charge in [0, 0.05) is 30.4 Å². The monoisotopic (exact) mass is 466 g/mol. The van der Waals surface area contributed by atoms with E-state index in [1.165, 1.54) is 36.2 Å². The molecule has 3 aromatic heterocycles. The first kappa shape index (κ1) is 20.9. The molecule has 2 aliphatic rings. The molecular formula is C24H21F3N6O. The predicted molar refractivity (Wildman–Crippen MR) is 117 cm³/mol. The van der Waals surface area contributed by atoms with Crippen LogP contribution < -0.4 is 4.74 Å². The molecule has 1 aliphatic heterocycles. The zero-order valence-electron chi connectivity index (χ0n) is 18.1. The van der Waals surface area contributed by atoms with Crippen LogP contribution in [0.2, 0.25) is 0 Å². The van der Waals surface area contributed by atoms with Crippen molar-refractivity contribution in [3.63, 3.8) is 0 Å². The third-order valence-corrected chi connectivity index (χ3v) is 6.44. The highest BCUT2D eigenvalue weighted by molar-refractivity contribution is 5.67. The molecule has 1 N–H and O–H groups in total. The second-order valence-corrected chi connectivity index (χ2v) is 8.82. The van der Waals surface area contributed by atoms with Crippen LogP contribution in [-0.2, 0) is 12.7 Å². The molecule has 4 heterocycles. The van der Waals surface area contributed by atoms with E-state index < -0.39 is 11.9 Å². The molecule has 1 fully saturated rings. The highest BCUT2D eigenvalue weighted by Crippen LogP contribution is 2.44. The number of rotatable bonds is 5. The Kier molecular flexibility index (Phi) is 4.89. The lowest BCUT2D eigenvalue weighted by molar-refractivity contribution is -0.140. The summed E-state index contributed by atoms with van der Waals surface area (Å²) in [5, 5.41) is 8.89. The van der Waals surface area contributed by atoms with E-state index in [-0.39, 0.29) is 11.3 Å². The summed E-state index contributed by atoms with van der Waals surface area (Å²) in [6, 6.07) is 9.61. The van der Waals surface area contributed by atoms with Gasteiger partial charge in [-0.3, -0.25) is 10.1 Å². The van der Waals surface area contributed by atoms with Crippen LogP contribution in [0, 0.1) is 0 Å². The molecule has 10 heteroatoms. The number of nitrogens with one attached hydrogen (secondary N) is 1. The largest absolute Gasteiger partial charge is 0.493 e. The molecule has 0 saturated heterocycles. The average molecular weight is 466 g/mol. The number of fused-ring (bicyclic) bond motifs is 1. The van der Waals surface area contributed by atoms with Crippen molar-refractivity contribution in [2.45, 2.75) is 43.8 Å². The summed E-state index contributed by atoms with van der Waals surface area (Å²) in [6.45, 7) is 1.41. The lowest BCUT2D eigenvalue weighted by Crippen LogP contribution is -2.18. The van der Waals surface area contributed by atoms with Crippen molar-refractivity contribution in [3.8, 4) is 28.4 Å². The summed E-state index contributed by atoms with van der Waals surface area (Å²) in [6.07, 6.45) is 3.88. The summed E-state index contributed by atoms with van der Waals surface area (Å²) in [5.41, 5.74) is 2.63. The number of halogens is 3. The second-order valence-electron chi connectivity index (χ2n) is 8.82. The number of aromatic amines is 1. The molecule has 1 aliphatic carbocycles. The number of H-pyrrole nitrogens is 1. The van der Waals surface area contributed by atoms with Gasteiger partial charge in [-0.1, -0.05) is 17.3 Å². The first-order chi connectivity index (χ1) is 16.5.